The first kappa shape index (κ1) is 17.6. The Morgan fingerprint density at radius 2 is 1.81 bits per heavy atom. The number of piperazine rings is 1. The standard InChI is InChI=1S/C15H23N3O.C2H6/c1-4-17-7-9-18(10-8-17)14-6-5-13(11-16-14)15(19)12(2)3;1-2/h5-6,11-12H,4,7-10H2,1-3H3;1-2H3. The number of hydrogen-bond acceptors (Lipinski definition) is 4. The van der Waals surface area contributed by atoms with E-state index in [1.165, 1.54) is 0 Å². The van der Waals surface area contributed by atoms with Crippen molar-refractivity contribution in [2.24, 2.45) is 5.92 Å². The van der Waals surface area contributed by atoms with Crippen LogP contribution in [0.1, 0.15) is 45.0 Å². The van der Waals surface area contributed by atoms with E-state index < -0.39 is 0 Å². The number of nitrogens with zero attached hydrogens (tertiary/aromatic N) is 3. The molecule has 0 radical (unpaired) electrons. The molecule has 1 aliphatic rings. The molecule has 4 nitrogen and oxygen atoms in total. The monoisotopic (exact) mass is 291 g/mol. The fourth-order valence-electron chi connectivity index (χ4n) is 2.35. The summed E-state index contributed by atoms with van der Waals surface area (Å²) >= 11 is 0. The summed E-state index contributed by atoms with van der Waals surface area (Å²) in [5.41, 5.74) is 0.714. The molecule has 4 heteroatoms. The molecule has 1 saturated heterocycles. The molecule has 0 atom stereocenters. The molecule has 1 fully saturated rings. The Morgan fingerprint density at radius 1 is 1.19 bits per heavy atom. The summed E-state index contributed by atoms with van der Waals surface area (Å²) in [6.07, 6.45) is 1.71. The predicted molar refractivity (Wildman–Crippen MR) is 89.1 cm³/mol. The van der Waals surface area contributed by atoms with Gasteiger partial charge in [-0.2, -0.15) is 0 Å². The van der Waals surface area contributed by atoms with E-state index in [9.17, 15) is 4.79 Å². The Balaban J connectivity index is 0.00000106. The molecule has 0 unspecified atom stereocenters. The quantitative estimate of drug-likeness (QED) is 0.799. The topological polar surface area (TPSA) is 36.4 Å². The third-order valence-corrected chi connectivity index (χ3v) is 3.70. The van der Waals surface area contributed by atoms with Crippen molar-refractivity contribution in [3.63, 3.8) is 0 Å². The van der Waals surface area contributed by atoms with Gasteiger partial charge in [-0.3, -0.25) is 4.79 Å². The first-order valence-corrected chi connectivity index (χ1v) is 8.09. The van der Waals surface area contributed by atoms with E-state index in [0.717, 1.165) is 38.5 Å². The molecular formula is C17H29N3O. The van der Waals surface area contributed by atoms with Gasteiger partial charge in [0, 0.05) is 43.9 Å². The first-order chi connectivity index (χ1) is 10.1. The zero-order valence-corrected chi connectivity index (χ0v) is 14.1. The molecular weight excluding hydrogens is 262 g/mol. The molecule has 21 heavy (non-hydrogen) atoms. The van der Waals surface area contributed by atoms with Gasteiger partial charge in [-0.15, -0.1) is 0 Å². The maximum atomic E-state index is 11.9. The number of Topliss-reactive ketones (excluding diaryl/α,β-unsaturated/α-hetero) is 1. The van der Waals surface area contributed by atoms with E-state index in [4.69, 9.17) is 0 Å². The van der Waals surface area contributed by atoms with Gasteiger partial charge in [-0.25, -0.2) is 4.98 Å². The van der Waals surface area contributed by atoms with Crippen LogP contribution in [0.5, 0.6) is 0 Å². The molecule has 2 rings (SSSR count). The lowest BCUT2D eigenvalue weighted by Crippen LogP contribution is -2.46. The van der Waals surface area contributed by atoms with Crippen molar-refractivity contribution in [3.8, 4) is 0 Å². The molecule has 0 saturated carbocycles. The predicted octanol–water partition coefficient (Wildman–Crippen LogP) is 3.09. The van der Waals surface area contributed by atoms with E-state index in [0.29, 0.717) is 5.56 Å². The normalized spacial score (nSPS) is 15.6. The van der Waals surface area contributed by atoms with Crippen molar-refractivity contribution < 1.29 is 4.79 Å². The van der Waals surface area contributed by atoms with Crippen molar-refractivity contribution in [2.75, 3.05) is 37.6 Å². The minimum atomic E-state index is 0.0285. The van der Waals surface area contributed by atoms with Crippen molar-refractivity contribution in [3.05, 3.63) is 23.9 Å². The second kappa shape index (κ2) is 8.78. The fraction of sp³-hybridized carbons (Fsp3) is 0.647. The van der Waals surface area contributed by atoms with Crippen LogP contribution in [0, 0.1) is 5.92 Å². The number of carbonyl (C=O) groups excluding carboxylic acids is 1. The average Bonchev–Trinajstić information content (AvgIpc) is 2.56. The summed E-state index contributed by atoms with van der Waals surface area (Å²) in [4.78, 5) is 21.0. The molecule has 2 heterocycles. The zero-order valence-electron chi connectivity index (χ0n) is 14.1. The number of likely N-dealkylation sites (N-methyl/N-ethyl adjacent to an activating group) is 1. The molecule has 0 aliphatic carbocycles. The fourth-order valence-corrected chi connectivity index (χ4v) is 2.35. The number of ketones is 1. The lowest BCUT2D eigenvalue weighted by Gasteiger charge is -2.34. The van der Waals surface area contributed by atoms with Crippen LogP contribution in [0.3, 0.4) is 0 Å². The number of carbonyl (C=O) groups is 1. The Kier molecular flexibility index (Phi) is 7.37. The van der Waals surface area contributed by atoms with Crippen molar-refractivity contribution >= 4 is 11.6 Å². The van der Waals surface area contributed by atoms with E-state index in [1.54, 1.807) is 6.20 Å². The van der Waals surface area contributed by atoms with Crippen molar-refractivity contribution in [1.82, 2.24) is 9.88 Å². The summed E-state index contributed by atoms with van der Waals surface area (Å²) in [5, 5.41) is 0. The summed E-state index contributed by atoms with van der Waals surface area (Å²) < 4.78 is 0. The largest absolute Gasteiger partial charge is 0.354 e. The molecule has 0 N–H and O–H groups in total. The maximum Gasteiger partial charge on any atom is 0.166 e. The van der Waals surface area contributed by atoms with E-state index in [-0.39, 0.29) is 11.7 Å². The third-order valence-electron chi connectivity index (χ3n) is 3.70. The van der Waals surface area contributed by atoms with Crippen LogP contribution in [0.25, 0.3) is 0 Å². The highest BCUT2D eigenvalue weighted by molar-refractivity contribution is 5.97. The van der Waals surface area contributed by atoms with Crippen LogP contribution in [0.15, 0.2) is 18.3 Å². The van der Waals surface area contributed by atoms with Gasteiger partial charge in [0.25, 0.3) is 0 Å². The van der Waals surface area contributed by atoms with Crippen LogP contribution in [-0.4, -0.2) is 48.4 Å². The van der Waals surface area contributed by atoms with Gasteiger partial charge in [0.05, 0.1) is 0 Å². The highest BCUT2D eigenvalue weighted by Gasteiger charge is 2.17. The van der Waals surface area contributed by atoms with Gasteiger partial charge in [0.15, 0.2) is 5.78 Å². The first-order valence-electron chi connectivity index (χ1n) is 8.09. The average molecular weight is 291 g/mol. The van der Waals surface area contributed by atoms with Crippen molar-refractivity contribution in [1.29, 1.82) is 0 Å². The number of rotatable bonds is 4. The molecule has 1 aromatic heterocycles. The van der Waals surface area contributed by atoms with Crippen molar-refractivity contribution in [2.45, 2.75) is 34.6 Å². The Bertz CT molecular complexity index is 420. The number of hydrogen-bond donors (Lipinski definition) is 0. The number of pyridine rings is 1. The lowest BCUT2D eigenvalue weighted by molar-refractivity contribution is 0.0939. The molecule has 118 valence electrons. The SMILES string of the molecule is CC.CCN1CCN(c2ccc(C(=O)C(C)C)cn2)CC1. The summed E-state index contributed by atoms with van der Waals surface area (Å²) in [6, 6.07) is 3.87. The zero-order chi connectivity index (χ0) is 15.8. The van der Waals surface area contributed by atoms with Gasteiger partial charge in [-0.1, -0.05) is 34.6 Å². The second-order valence-electron chi connectivity index (χ2n) is 5.35. The highest BCUT2D eigenvalue weighted by atomic mass is 16.1. The molecule has 0 aromatic carbocycles. The van der Waals surface area contributed by atoms with Gasteiger partial charge in [-0.05, 0) is 18.7 Å². The van der Waals surface area contributed by atoms with Gasteiger partial charge >= 0.3 is 0 Å². The van der Waals surface area contributed by atoms with Gasteiger partial charge in [0.2, 0.25) is 0 Å². The van der Waals surface area contributed by atoms with E-state index >= 15 is 0 Å². The minimum absolute atomic E-state index is 0.0285. The highest BCUT2D eigenvalue weighted by Crippen LogP contribution is 2.15. The molecule has 1 aliphatic heterocycles. The summed E-state index contributed by atoms with van der Waals surface area (Å²) in [7, 11) is 0. The molecule has 0 amide bonds. The minimum Gasteiger partial charge on any atom is -0.354 e. The Labute approximate surface area is 129 Å². The Hall–Kier alpha value is -1.42. The lowest BCUT2D eigenvalue weighted by atomic mass is 10.0. The van der Waals surface area contributed by atoms with E-state index in [2.05, 4.69) is 21.7 Å². The van der Waals surface area contributed by atoms with Crippen LogP contribution >= 0.6 is 0 Å². The second-order valence-corrected chi connectivity index (χ2v) is 5.35. The maximum absolute atomic E-state index is 11.9. The smallest absolute Gasteiger partial charge is 0.166 e. The summed E-state index contributed by atoms with van der Waals surface area (Å²) in [6.45, 7) is 15.3. The van der Waals surface area contributed by atoms with Gasteiger partial charge in [0.1, 0.15) is 5.82 Å². The molecule has 0 spiro atoms. The molecule has 0 bridgehead atoms. The van der Waals surface area contributed by atoms with Crippen LogP contribution in [0.4, 0.5) is 5.82 Å². The van der Waals surface area contributed by atoms with Crippen LogP contribution < -0.4 is 4.90 Å². The third kappa shape index (κ3) is 4.81. The van der Waals surface area contributed by atoms with E-state index in [1.807, 2.05) is 39.8 Å². The van der Waals surface area contributed by atoms with Gasteiger partial charge < -0.3 is 9.80 Å². The molecule has 1 aromatic rings. The Morgan fingerprint density at radius 3 is 2.24 bits per heavy atom. The number of anilines is 1. The van der Waals surface area contributed by atoms with Crippen LogP contribution in [0.2, 0.25) is 0 Å². The summed E-state index contributed by atoms with van der Waals surface area (Å²) in [5.74, 6) is 1.17. The van der Waals surface area contributed by atoms with Crippen LogP contribution in [-0.2, 0) is 0 Å². The number of aromatic nitrogens is 1.